The summed E-state index contributed by atoms with van der Waals surface area (Å²) in [6.07, 6.45) is 3.33. The maximum absolute atomic E-state index is 14.8. The van der Waals surface area contributed by atoms with Crippen molar-refractivity contribution in [2.45, 2.75) is 31.6 Å². The lowest BCUT2D eigenvalue weighted by molar-refractivity contribution is -0.126. The Labute approximate surface area is 334 Å². The molecule has 4 aliphatic rings. The minimum Gasteiger partial charge on any atom is -0.370 e. The molecule has 10 nitrogen and oxygen atoms in total. The van der Waals surface area contributed by atoms with Crippen molar-refractivity contribution in [3.8, 4) is 12.1 Å². The number of para-hydroxylation sites is 2. The molecule has 0 aliphatic carbocycles. The third kappa shape index (κ3) is 8.25. The Hall–Kier alpha value is -6.07. The molecule has 0 saturated carbocycles. The number of fused-ring (bicyclic) bond motifs is 2. The molecule has 57 heavy (non-hydrogen) atoms. The van der Waals surface area contributed by atoms with E-state index >= 15 is 0 Å². The van der Waals surface area contributed by atoms with Crippen LogP contribution in [0.1, 0.15) is 47.4 Å². The quantitative estimate of drug-likeness (QED) is 0.196. The Bertz CT molecular complexity index is 2180. The summed E-state index contributed by atoms with van der Waals surface area (Å²) in [6.45, 7) is 6.75. The molecule has 0 radical (unpaired) electrons. The lowest BCUT2D eigenvalue weighted by Crippen LogP contribution is -2.49. The van der Waals surface area contributed by atoms with Crippen molar-refractivity contribution in [2.24, 2.45) is 17.8 Å². The Morgan fingerprint density at radius 2 is 1.39 bits per heavy atom. The maximum Gasteiger partial charge on any atom is 0.224 e. The fourth-order valence-electron chi connectivity index (χ4n) is 9.51. The minimum absolute atomic E-state index is 0.0223. The first-order valence-electron chi connectivity index (χ1n) is 20.3. The number of carbonyl (C=O) groups excluding carboxylic acids is 2. The van der Waals surface area contributed by atoms with Crippen molar-refractivity contribution in [2.75, 3.05) is 85.0 Å². The average Bonchev–Trinajstić information content (AvgIpc) is 3.85. The molecule has 2 fully saturated rings. The van der Waals surface area contributed by atoms with Gasteiger partial charge < -0.3 is 30.2 Å². The predicted octanol–water partition coefficient (Wildman–Crippen LogP) is 5.83. The number of rotatable bonds is 11. The SMILES string of the molecule is N#Cc1ccc(N2CC(C(=O)NCCN3CCc4ccccc43)CC(C3CN(CCNC(=O)C4CCCN(c5ccc(C#N)cc5F)C4)c4ccccc43)C2)cc1. The number of nitrogens with zero attached hydrogens (tertiary/aromatic N) is 6. The number of hydrogen-bond donors (Lipinski definition) is 2. The summed E-state index contributed by atoms with van der Waals surface area (Å²) >= 11 is 0. The second-order valence-electron chi connectivity index (χ2n) is 15.9. The fourth-order valence-corrected chi connectivity index (χ4v) is 9.51. The fraction of sp³-hybridized carbons (Fsp3) is 0.391. The third-order valence-corrected chi connectivity index (χ3v) is 12.4. The molecule has 11 heteroatoms. The standard InChI is InChI=1S/C46H49FN8O2/c47-41-24-33(27-49)13-16-44(41)53-20-5-7-35(28-53)45(56)50-19-23-54-31-40(39-8-2-4-10-43(39)54)36-25-37(30-55(29-36)38-14-11-32(26-48)12-15-38)46(57)51-18-22-52-21-17-34-6-1-3-9-42(34)52/h1-4,6,8-16,24,35-37,40H,5,7,17-23,25,28-31H2,(H,50,56)(H,51,57). The van der Waals surface area contributed by atoms with Crippen LogP contribution < -0.4 is 30.2 Å². The smallest absolute Gasteiger partial charge is 0.224 e. The van der Waals surface area contributed by atoms with Crippen LogP contribution in [0.25, 0.3) is 0 Å². The molecule has 2 N–H and O–H groups in total. The molecule has 0 spiro atoms. The van der Waals surface area contributed by atoms with Crippen LogP contribution in [0, 0.1) is 46.2 Å². The average molecular weight is 765 g/mol. The Morgan fingerprint density at radius 1 is 0.702 bits per heavy atom. The van der Waals surface area contributed by atoms with E-state index in [4.69, 9.17) is 5.26 Å². The van der Waals surface area contributed by atoms with Gasteiger partial charge in [-0.1, -0.05) is 36.4 Å². The highest BCUT2D eigenvalue weighted by atomic mass is 19.1. The van der Waals surface area contributed by atoms with Crippen molar-refractivity contribution in [1.29, 1.82) is 10.5 Å². The van der Waals surface area contributed by atoms with Gasteiger partial charge in [-0.3, -0.25) is 9.59 Å². The van der Waals surface area contributed by atoms with Gasteiger partial charge in [0.1, 0.15) is 5.82 Å². The van der Waals surface area contributed by atoms with E-state index in [2.05, 4.69) is 79.9 Å². The van der Waals surface area contributed by atoms with Crippen LogP contribution >= 0.6 is 0 Å². The van der Waals surface area contributed by atoms with E-state index in [1.165, 1.54) is 28.6 Å². The summed E-state index contributed by atoms with van der Waals surface area (Å²) in [5.74, 6) is -0.427. The van der Waals surface area contributed by atoms with Crippen molar-refractivity contribution < 1.29 is 14.0 Å². The van der Waals surface area contributed by atoms with Crippen molar-refractivity contribution in [3.63, 3.8) is 0 Å². The van der Waals surface area contributed by atoms with Gasteiger partial charge in [-0.05, 0) is 97.3 Å². The van der Waals surface area contributed by atoms with E-state index in [1.807, 2.05) is 35.2 Å². The molecular formula is C46H49FN8O2. The van der Waals surface area contributed by atoms with Crippen LogP contribution in [-0.4, -0.2) is 77.3 Å². The molecule has 4 unspecified atom stereocenters. The van der Waals surface area contributed by atoms with Crippen molar-refractivity contribution in [1.82, 2.24) is 10.6 Å². The molecular weight excluding hydrogens is 716 g/mol. The van der Waals surface area contributed by atoms with Crippen molar-refractivity contribution >= 4 is 34.6 Å². The molecule has 4 aromatic carbocycles. The molecule has 4 atom stereocenters. The number of anilines is 4. The summed E-state index contributed by atoms with van der Waals surface area (Å²) in [5, 5.41) is 25.0. The van der Waals surface area contributed by atoms with Gasteiger partial charge >= 0.3 is 0 Å². The molecule has 0 bridgehead atoms. The maximum atomic E-state index is 14.8. The van der Waals surface area contributed by atoms with E-state index in [9.17, 15) is 19.2 Å². The lowest BCUT2D eigenvalue weighted by Gasteiger charge is -2.41. The molecule has 0 aromatic heterocycles. The number of hydrogen-bond acceptors (Lipinski definition) is 8. The first-order valence-corrected chi connectivity index (χ1v) is 20.3. The van der Waals surface area contributed by atoms with Crippen LogP contribution in [0.15, 0.2) is 91.0 Å². The minimum atomic E-state index is -0.439. The summed E-state index contributed by atoms with van der Waals surface area (Å²) in [5.41, 5.74) is 7.39. The third-order valence-electron chi connectivity index (χ3n) is 12.4. The second-order valence-corrected chi connectivity index (χ2v) is 15.9. The Morgan fingerprint density at radius 3 is 2.16 bits per heavy atom. The number of piperidine rings is 2. The van der Waals surface area contributed by atoms with E-state index in [1.54, 1.807) is 12.1 Å². The molecule has 4 aliphatic heterocycles. The van der Waals surface area contributed by atoms with Crippen LogP contribution in [0.3, 0.4) is 0 Å². The van der Waals surface area contributed by atoms with E-state index in [-0.39, 0.29) is 41.0 Å². The number of nitrogens with one attached hydrogen (secondary N) is 2. The molecule has 2 saturated heterocycles. The highest BCUT2D eigenvalue weighted by molar-refractivity contribution is 5.80. The number of halogens is 1. The normalized spacial score (nSPS) is 21.3. The molecule has 8 rings (SSSR count). The predicted molar refractivity (Wildman–Crippen MR) is 221 cm³/mol. The summed E-state index contributed by atoms with van der Waals surface area (Å²) < 4.78 is 14.8. The number of nitriles is 2. The topological polar surface area (TPSA) is 119 Å². The first kappa shape index (κ1) is 37.8. The Kier molecular flexibility index (Phi) is 11.3. The van der Waals surface area contributed by atoms with Gasteiger partial charge in [-0.2, -0.15) is 10.5 Å². The van der Waals surface area contributed by atoms with Gasteiger partial charge in [0, 0.05) is 88.4 Å². The van der Waals surface area contributed by atoms with Gasteiger partial charge in [-0.25, -0.2) is 4.39 Å². The first-order chi connectivity index (χ1) is 27.9. The van der Waals surface area contributed by atoms with Crippen LogP contribution in [0.4, 0.5) is 27.1 Å². The van der Waals surface area contributed by atoms with E-state index < -0.39 is 5.82 Å². The highest BCUT2D eigenvalue weighted by Crippen LogP contribution is 2.44. The van der Waals surface area contributed by atoms with Crippen LogP contribution in [-0.2, 0) is 16.0 Å². The number of benzene rings is 4. The molecule has 4 aromatic rings. The van der Waals surface area contributed by atoms with Crippen LogP contribution in [0.2, 0.25) is 0 Å². The molecule has 2 amide bonds. The highest BCUT2D eigenvalue weighted by Gasteiger charge is 2.40. The zero-order valence-electron chi connectivity index (χ0n) is 32.2. The molecule has 292 valence electrons. The Balaban J connectivity index is 0.915. The molecule has 4 heterocycles. The second kappa shape index (κ2) is 17.0. The van der Waals surface area contributed by atoms with Gasteiger partial charge in [0.15, 0.2) is 0 Å². The summed E-state index contributed by atoms with van der Waals surface area (Å²) in [6, 6.07) is 33.4. The monoisotopic (exact) mass is 764 g/mol. The van der Waals surface area contributed by atoms with Crippen LogP contribution in [0.5, 0.6) is 0 Å². The van der Waals surface area contributed by atoms with Gasteiger partial charge in [0.2, 0.25) is 11.8 Å². The summed E-state index contributed by atoms with van der Waals surface area (Å²) in [4.78, 5) is 36.4. The lowest BCUT2D eigenvalue weighted by atomic mass is 9.78. The number of carbonyl (C=O) groups is 2. The zero-order chi connectivity index (χ0) is 39.3. The van der Waals surface area contributed by atoms with Gasteiger partial charge in [0.25, 0.3) is 0 Å². The van der Waals surface area contributed by atoms with Crippen molar-refractivity contribution in [3.05, 3.63) is 119 Å². The summed E-state index contributed by atoms with van der Waals surface area (Å²) in [7, 11) is 0. The van der Waals surface area contributed by atoms with E-state index in [0.717, 1.165) is 57.5 Å². The number of amides is 2. The largest absolute Gasteiger partial charge is 0.370 e. The van der Waals surface area contributed by atoms with Gasteiger partial charge in [0.05, 0.1) is 40.8 Å². The zero-order valence-corrected chi connectivity index (χ0v) is 32.2. The van der Waals surface area contributed by atoms with E-state index in [0.29, 0.717) is 50.5 Å². The van der Waals surface area contributed by atoms with Gasteiger partial charge in [-0.15, -0.1) is 0 Å².